The lowest BCUT2D eigenvalue weighted by Gasteiger charge is -2.39. The maximum Gasteiger partial charge on any atom is 0.328 e. The molecule has 16 nitrogen and oxygen atoms in total. The lowest BCUT2D eigenvalue weighted by molar-refractivity contribution is -0.859. The van der Waals surface area contributed by atoms with Crippen LogP contribution in [0.4, 0.5) is 0 Å². The van der Waals surface area contributed by atoms with Gasteiger partial charge in [-0.05, 0) is 104 Å². The van der Waals surface area contributed by atoms with E-state index in [2.05, 4.69) is 157 Å². The van der Waals surface area contributed by atoms with Crippen LogP contribution in [0.3, 0.4) is 0 Å². The molecule has 10 rings (SSSR count). The lowest BCUT2D eigenvalue weighted by Crippen LogP contribution is -3.05. The molecule has 10 aromatic rings. The number of ether oxygens (including phenoxy) is 2. The van der Waals surface area contributed by atoms with Crippen molar-refractivity contribution in [1.82, 2.24) is 9.97 Å². The van der Waals surface area contributed by atoms with Gasteiger partial charge in [-0.2, -0.15) is 0 Å². The summed E-state index contributed by atoms with van der Waals surface area (Å²) in [5.74, 6) is -5.38. The molecule has 0 aliphatic carbocycles. The zero-order valence-electron chi connectivity index (χ0n) is 50.5. The Balaban J connectivity index is 0.000000206. The zero-order valence-corrected chi connectivity index (χ0v) is 53.6. The summed E-state index contributed by atoms with van der Waals surface area (Å²) in [6.07, 6.45) is 3.00. The van der Waals surface area contributed by atoms with Crippen molar-refractivity contribution in [2.75, 3.05) is 55.5 Å². The van der Waals surface area contributed by atoms with E-state index in [1.165, 1.54) is 9.80 Å². The molecule has 0 unspecified atom stereocenters. The van der Waals surface area contributed by atoms with Gasteiger partial charge < -0.3 is 59.5 Å². The van der Waals surface area contributed by atoms with E-state index in [0.717, 1.165) is 98.8 Å². The van der Waals surface area contributed by atoms with E-state index in [0.29, 0.717) is 48.9 Å². The number of methoxy groups -OCH3 is 2. The van der Waals surface area contributed by atoms with Gasteiger partial charge >= 0.3 is 11.9 Å². The van der Waals surface area contributed by atoms with Crippen molar-refractivity contribution < 1.29 is 69.1 Å². The summed E-state index contributed by atoms with van der Waals surface area (Å²) >= 11 is 7.22. The van der Waals surface area contributed by atoms with Crippen molar-refractivity contribution in [2.24, 2.45) is 0 Å². The smallest absolute Gasteiger partial charge is 0.328 e. The number of quaternary nitrogens is 2. The Morgan fingerprint density at radius 2 is 0.822 bits per heavy atom. The molecule has 2 aromatic heterocycles. The van der Waals surface area contributed by atoms with Crippen LogP contribution in [0.5, 0.6) is 11.8 Å². The minimum atomic E-state index is -1.51. The van der Waals surface area contributed by atoms with Crippen molar-refractivity contribution in [3.63, 3.8) is 0 Å². The van der Waals surface area contributed by atoms with E-state index in [-0.39, 0.29) is 0 Å². The van der Waals surface area contributed by atoms with E-state index in [1.807, 2.05) is 97.1 Å². The number of aromatic nitrogens is 2. The van der Waals surface area contributed by atoms with Crippen molar-refractivity contribution in [3.8, 4) is 11.8 Å². The molecule has 464 valence electrons. The van der Waals surface area contributed by atoms with Gasteiger partial charge in [-0.3, -0.25) is 0 Å². The molecule has 6 N–H and O–H groups in total. The Morgan fingerprint density at radius 3 is 1.14 bits per heavy atom. The van der Waals surface area contributed by atoms with Crippen LogP contribution in [0.2, 0.25) is 0 Å². The molecule has 0 aliphatic rings. The summed E-state index contributed by atoms with van der Waals surface area (Å²) in [6, 6.07) is 65.8. The van der Waals surface area contributed by atoms with Gasteiger partial charge in [0.25, 0.3) is 0 Å². The van der Waals surface area contributed by atoms with Crippen LogP contribution >= 0.6 is 31.9 Å². The predicted octanol–water partition coefficient (Wildman–Crippen LogP) is 8.18. The number of halogens is 2. The highest BCUT2D eigenvalue weighted by atomic mass is 79.9. The SMILES string of the molecule is COc1nc2ccc(Br)cc2cc1[C@@H](c1ccccc1)[C@@](O)(CC[NH+](C)C)c1cccc2ccccc12.COc1nc2ccc(Br)cc2cc1[C@@H](c1ccccc1)[C@@](O)(CC[NH+](C)C)c1cccc2ccccc12.O=C([O-])/C=C/C(=O)O.O=C([O-])/C=C/C(=O)O. The molecular formula is C72H70Br2N4O12. The maximum absolute atomic E-state index is 13.0. The number of carboxylic acids is 4. The van der Waals surface area contributed by atoms with Crippen LogP contribution in [-0.2, 0) is 30.4 Å². The first kappa shape index (κ1) is 68.4. The van der Waals surface area contributed by atoms with Crippen LogP contribution < -0.4 is 29.5 Å². The number of nitrogens with zero attached hydrogens (tertiary/aromatic N) is 2. The Kier molecular flexibility index (Phi) is 24.2. The quantitative estimate of drug-likeness (QED) is 0.0394. The van der Waals surface area contributed by atoms with Gasteiger partial charge in [0, 0.05) is 67.7 Å². The third kappa shape index (κ3) is 17.6. The van der Waals surface area contributed by atoms with Crippen LogP contribution in [0, 0.1) is 0 Å². The summed E-state index contributed by atoms with van der Waals surface area (Å²) in [7, 11) is 11.8. The Morgan fingerprint density at radius 1 is 0.478 bits per heavy atom. The Bertz CT molecular complexity index is 3880. The van der Waals surface area contributed by atoms with E-state index in [4.69, 9.17) is 29.7 Å². The van der Waals surface area contributed by atoms with Gasteiger partial charge in [-0.1, -0.05) is 177 Å². The Labute approximate surface area is 538 Å². The molecule has 0 radical (unpaired) electrons. The molecule has 0 saturated carbocycles. The first-order chi connectivity index (χ1) is 43.1. The molecule has 0 saturated heterocycles. The minimum Gasteiger partial charge on any atom is -0.545 e. The minimum absolute atomic E-state index is 0.412. The molecule has 0 fully saturated rings. The largest absolute Gasteiger partial charge is 0.545 e. The number of nitrogens with one attached hydrogen (secondary N) is 2. The summed E-state index contributed by atoms with van der Waals surface area (Å²) < 4.78 is 13.7. The van der Waals surface area contributed by atoms with Crippen molar-refractivity contribution in [1.29, 1.82) is 0 Å². The third-order valence-electron chi connectivity index (χ3n) is 15.0. The van der Waals surface area contributed by atoms with Gasteiger partial charge in [0.05, 0.1) is 78.5 Å². The first-order valence-electron chi connectivity index (χ1n) is 28.7. The molecule has 0 bridgehead atoms. The number of aliphatic hydroxyl groups is 2. The molecule has 8 aromatic carbocycles. The highest BCUT2D eigenvalue weighted by Gasteiger charge is 2.45. The van der Waals surface area contributed by atoms with Gasteiger partial charge in [0.15, 0.2) is 0 Å². The number of rotatable bonds is 20. The second-order valence-corrected chi connectivity index (χ2v) is 23.7. The summed E-state index contributed by atoms with van der Waals surface area (Å²) in [4.78, 5) is 50.3. The molecule has 0 aliphatic heterocycles. The number of carboxylic acid groups (broad SMARTS) is 4. The first-order valence-corrected chi connectivity index (χ1v) is 30.3. The van der Waals surface area contributed by atoms with Gasteiger partial charge in [-0.15, -0.1) is 0 Å². The number of benzene rings is 8. The van der Waals surface area contributed by atoms with Gasteiger partial charge in [0.1, 0.15) is 11.2 Å². The standard InChI is InChI=1S/2C32H31BrN2O2.2C4H4O4/c2*1-35(2)19-18-32(36,28-15-9-13-22-10-7-8-14-26(22)28)30(23-11-5-4-6-12-23)27-21-24-20-25(33)16-17-29(24)34-31(27)37-3;2*5-3(6)1-2-4(7)8/h2*4-17,20-21,30,36H,18-19H2,1-3H3;2*1-2H,(H,5,6)(H,7,8)/b;;2*2-1+/t2*30-,32-;;/m11../s1. The second kappa shape index (κ2) is 31.9. The topological polar surface area (TPSA) is 248 Å². The van der Waals surface area contributed by atoms with Crippen LogP contribution in [-0.4, -0.2) is 110 Å². The zero-order chi connectivity index (χ0) is 65.1. The summed E-state index contributed by atoms with van der Waals surface area (Å²) in [5.41, 5.74) is 4.83. The average Bonchev–Trinajstić information content (AvgIpc) is 0.759. The number of pyridine rings is 2. The molecule has 0 spiro atoms. The molecule has 4 atom stereocenters. The maximum atomic E-state index is 13.0. The number of fused-ring (bicyclic) bond motifs is 4. The van der Waals surface area contributed by atoms with Crippen LogP contribution in [0.1, 0.15) is 58.1 Å². The summed E-state index contributed by atoms with van der Waals surface area (Å²) in [6.45, 7) is 1.58. The van der Waals surface area contributed by atoms with Gasteiger partial charge in [-0.25, -0.2) is 19.6 Å². The molecule has 2 heterocycles. The molecule has 0 amide bonds. The highest BCUT2D eigenvalue weighted by Crippen LogP contribution is 2.50. The number of hydrogen-bond donors (Lipinski definition) is 6. The predicted molar refractivity (Wildman–Crippen MR) is 352 cm³/mol. The highest BCUT2D eigenvalue weighted by molar-refractivity contribution is 9.10. The number of carbonyl (C=O) groups is 4. The third-order valence-corrected chi connectivity index (χ3v) is 16.0. The van der Waals surface area contributed by atoms with E-state index in [9.17, 15) is 39.6 Å². The van der Waals surface area contributed by atoms with Crippen molar-refractivity contribution in [2.45, 2.75) is 35.9 Å². The monoisotopic (exact) mass is 1340 g/mol. The second-order valence-electron chi connectivity index (χ2n) is 21.8. The number of carbonyl (C=O) groups excluding carboxylic acids is 2. The van der Waals surface area contributed by atoms with Gasteiger partial charge in [0.2, 0.25) is 11.8 Å². The van der Waals surface area contributed by atoms with Crippen LogP contribution in [0.15, 0.2) is 227 Å². The van der Waals surface area contributed by atoms with E-state index in [1.54, 1.807) is 14.2 Å². The average molecular weight is 1340 g/mol. The van der Waals surface area contributed by atoms with E-state index < -0.39 is 46.9 Å². The lowest BCUT2D eigenvalue weighted by atomic mass is 9.70. The summed E-state index contributed by atoms with van der Waals surface area (Å²) in [5, 5.41) is 66.8. The van der Waals surface area contributed by atoms with Crippen molar-refractivity contribution >= 4 is 99.1 Å². The fourth-order valence-electron chi connectivity index (χ4n) is 11.0. The van der Waals surface area contributed by atoms with Crippen LogP contribution in [0.25, 0.3) is 43.4 Å². The fraction of sp³-hybridized carbons (Fsp3) is 0.194. The Hall–Kier alpha value is -9.14. The number of aliphatic carboxylic acids is 4. The van der Waals surface area contributed by atoms with E-state index >= 15 is 0 Å². The van der Waals surface area contributed by atoms with Crippen molar-refractivity contribution in [3.05, 3.63) is 261 Å². The molecule has 18 heteroatoms. The fourth-order valence-corrected chi connectivity index (χ4v) is 11.7. The normalized spacial score (nSPS) is 13.3. The molecule has 90 heavy (non-hydrogen) atoms. The molecular weight excluding hydrogens is 1270 g/mol. The number of hydrogen-bond acceptors (Lipinski definition) is 12.